The molecule has 2 fully saturated rings. The minimum atomic E-state index is -0.0737. The first-order valence-corrected chi connectivity index (χ1v) is 16.3. The molecule has 4 heteroatoms. The third kappa shape index (κ3) is 9.43. The quantitative estimate of drug-likeness (QED) is 0.138. The number of aromatic nitrogens is 2. The van der Waals surface area contributed by atoms with Crippen LogP contribution in [0.5, 0.6) is 5.75 Å². The van der Waals surface area contributed by atoms with Crippen LogP contribution in [0.3, 0.4) is 0 Å². The Kier molecular flexibility index (Phi) is 12.3. The summed E-state index contributed by atoms with van der Waals surface area (Å²) < 4.78 is 5.72. The van der Waals surface area contributed by atoms with Crippen LogP contribution in [-0.4, -0.2) is 15.9 Å². The van der Waals surface area contributed by atoms with Crippen molar-refractivity contribution in [3.05, 3.63) is 42.2 Å². The normalized spacial score (nSPS) is 23.4. The van der Waals surface area contributed by atoms with Crippen molar-refractivity contribution >= 4 is 5.97 Å². The summed E-state index contributed by atoms with van der Waals surface area (Å²) in [6, 6.07) is 7.68. The molecular formula is C35H52N2O2. The smallest absolute Gasteiger partial charge is 0.314 e. The van der Waals surface area contributed by atoms with E-state index in [-0.39, 0.29) is 11.9 Å². The van der Waals surface area contributed by atoms with Gasteiger partial charge in [-0.25, -0.2) is 9.97 Å². The van der Waals surface area contributed by atoms with Gasteiger partial charge in [-0.15, -0.1) is 0 Å². The van der Waals surface area contributed by atoms with E-state index in [1.165, 1.54) is 95.5 Å². The average Bonchev–Trinajstić information content (AvgIpc) is 2.98. The van der Waals surface area contributed by atoms with E-state index >= 15 is 0 Å². The van der Waals surface area contributed by atoms with Crippen LogP contribution < -0.4 is 4.74 Å². The predicted molar refractivity (Wildman–Crippen MR) is 161 cm³/mol. The molecule has 4 nitrogen and oxygen atoms in total. The number of rotatable bonds is 14. The Balaban J connectivity index is 1.18. The second-order valence-electron chi connectivity index (χ2n) is 12.4. The molecule has 2 aliphatic carbocycles. The average molecular weight is 533 g/mol. The van der Waals surface area contributed by atoms with E-state index in [1.807, 2.05) is 36.7 Å². The summed E-state index contributed by atoms with van der Waals surface area (Å²) in [4.78, 5) is 22.1. The van der Waals surface area contributed by atoms with Crippen LogP contribution >= 0.6 is 0 Å². The Bertz CT molecular complexity index is 955. The Morgan fingerprint density at radius 3 is 1.95 bits per heavy atom. The van der Waals surface area contributed by atoms with Crippen LogP contribution in [0.25, 0.3) is 11.4 Å². The molecule has 0 unspecified atom stereocenters. The van der Waals surface area contributed by atoms with Crippen molar-refractivity contribution in [3.8, 4) is 17.1 Å². The highest BCUT2D eigenvalue weighted by molar-refractivity contribution is 5.75. The van der Waals surface area contributed by atoms with Gasteiger partial charge in [0.2, 0.25) is 0 Å². The van der Waals surface area contributed by atoms with Gasteiger partial charge in [0.1, 0.15) is 5.75 Å². The lowest BCUT2D eigenvalue weighted by atomic mass is 9.77. The Hall–Kier alpha value is -2.23. The molecule has 1 heterocycles. The molecule has 39 heavy (non-hydrogen) atoms. The first-order valence-electron chi connectivity index (χ1n) is 16.3. The molecule has 2 aromatic rings. The van der Waals surface area contributed by atoms with Crippen molar-refractivity contribution in [1.82, 2.24) is 9.97 Å². The Labute approximate surface area is 237 Å². The lowest BCUT2D eigenvalue weighted by Gasteiger charge is -2.28. The number of hydrogen-bond acceptors (Lipinski definition) is 4. The first-order chi connectivity index (χ1) is 19.2. The SMILES string of the molecule is CCCCCCCCC[C@H]1CC[C@H](c2cnc(-c3ccc(OC(=O)[C@H]4CC[C@H](CCC)CC4)cc3)nc2)CC1. The topological polar surface area (TPSA) is 52.1 Å². The molecule has 0 N–H and O–H groups in total. The summed E-state index contributed by atoms with van der Waals surface area (Å²) in [6.45, 7) is 4.53. The molecule has 0 saturated heterocycles. The highest BCUT2D eigenvalue weighted by atomic mass is 16.5. The number of nitrogens with zero attached hydrogens (tertiary/aromatic N) is 2. The van der Waals surface area contributed by atoms with Crippen molar-refractivity contribution in [2.75, 3.05) is 0 Å². The van der Waals surface area contributed by atoms with E-state index < -0.39 is 0 Å². The molecular weight excluding hydrogens is 480 g/mol. The van der Waals surface area contributed by atoms with Crippen molar-refractivity contribution in [2.24, 2.45) is 17.8 Å². The largest absolute Gasteiger partial charge is 0.426 e. The van der Waals surface area contributed by atoms with Gasteiger partial charge in [-0.1, -0.05) is 78.1 Å². The second kappa shape index (κ2) is 16.1. The van der Waals surface area contributed by atoms with E-state index in [0.717, 1.165) is 48.9 Å². The zero-order valence-corrected chi connectivity index (χ0v) is 24.7. The first kappa shape index (κ1) is 29.7. The number of carbonyl (C=O) groups excluding carboxylic acids is 1. The molecule has 0 spiro atoms. The van der Waals surface area contributed by atoms with Crippen LogP contribution in [0.1, 0.15) is 141 Å². The summed E-state index contributed by atoms with van der Waals surface area (Å²) in [6.07, 6.45) is 27.3. The number of unbranched alkanes of at least 4 members (excludes halogenated alkanes) is 6. The molecule has 0 atom stereocenters. The van der Waals surface area contributed by atoms with Gasteiger partial charge in [0.15, 0.2) is 5.82 Å². The fraction of sp³-hybridized carbons (Fsp3) is 0.686. The standard InChI is InChI=1S/C35H52N2O2/c1-3-5-6-7-8-9-10-12-28-13-17-29(18-14-28)32-25-36-34(37-26-32)30-21-23-33(24-22-30)39-35(38)31-19-15-27(11-4-2)16-20-31/h21-29,31H,3-20H2,1-2H3/t27-,28-,29-,31-. The summed E-state index contributed by atoms with van der Waals surface area (Å²) in [5.74, 6) is 3.63. The van der Waals surface area contributed by atoms with Gasteiger partial charge >= 0.3 is 5.97 Å². The minimum absolute atomic E-state index is 0.0454. The van der Waals surface area contributed by atoms with Gasteiger partial charge < -0.3 is 4.74 Å². The molecule has 2 aliphatic rings. The van der Waals surface area contributed by atoms with Crippen LogP contribution in [0, 0.1) is 17.8 Å². The zero-order valence-electron chi connectivity index (χ0n) is 24.7. The van der Waals surface area contributed by atoms with E-state index in [2.05, 4.69) is 13.8 Å². The lowest BCUT2D eigenvalue weighted by molar-refractivity contribution is -0.140. The maximum absolute atomic E-state index is 12.7. The minimum Gasteiger partial charge on any atom is -0.426 e. The highest BCUT2D eigenvalue weighted by Gasteiger charge is 2.27. The Morgan fingerprint density at radius 2 is 1.31 bits per heavy atom. The molecule has 0 amide bonds. The van der Waals surface area contributed by atoms with E-state index in [4.69, 9.17) is 14.7 Å². The molecule has 2 saturated carbocycles. The number of esters is 1. The molecule has 1 aromatic heterocycles. The van der Waals surface area contributed by atoms with Crippen molar-refractivity contribution < 1.29 is 9.53 Å². The summed E-state index contributed by atoms with van der Waals surface area (Å²) in [5, 5.41) is 0. The molecule has 0 aliphatic heterocycles. The molecule has 0 radical (unpaired) electrons. The van der Waals surface area contributed by atoms with Crippen LogP contribution in [0.2, 0.25) is 0 Å². The van der Waals surface area contributed by atoms with Crippen molar-refractivity contribution in [2.45, 2.75) is 135 Å². The van der Waals surface area contributed by atoms with Crippen molar-refractivity contribution in [3.63, 3.8) is 0 Å². The molecule has 0 bridgehead atoms. The molecule has 4 rings (SSSR count). The van der Waals surface area contributed by atoms with E-state index in [1.54, 1.807) is 0 Å². The number of benzene rings is 1. The Morgan fingerprint density at radius 1 is 0.718 bits per heavy atom. The van der Waals surface area contributed by atoms with Gasteiger partial charge in [-0.2, -0.15) is 0 Å². The zero-order chi connectivity index (χ0) is 27.3. The van der Waals surface area contributed by atoms with Crippen LogP contribution in [0.15, 0.2) is 36.7 Å². The summed E-state index contributed by atoms with van der Waals surface area (Å²) in [5.41, 5.74) is 2.24. The monoisotopic (exact) mass is 532 g/mol. The van der Waals surface area contributed by atoms with Gasteiger partial charge in [0, 0.05) is 18.0 Å². The fourth-order valence-electron chi connectivity index (χ4n) is 6.84. The third-order valence-electron chi connectivity index (χ3n) is 9.41. The van der Waals surface area contributed by atoms with Gasteiger partial charge in [0.05, 0.1) is 5.92 Å². The van der Waals surface area contributed by atoms with Gasteiger partial charge in [-0.05, 0) is 98.9 Å². The molecule has 214 valence electrons. The van der Waals surface area contributed by atoms with E-state index in [0.29, 0.717) is 11.7 Å². The van der Waals surface area contributed by atoms with Crippen LogP contribution in [-0.2, 0) is 4.79 Å². The number of hydrogen-bond donors (Lipinski definition) is 0. The highest BCUT2D eigenvalue weighted by Crippen LogP contribution is 2.38. The van der Waals surface area contributed by atoms with Crippen LogP contribution in [0.4, 0.5) is 0 Å². The third-order valence-corrected chi connectivity index (χ3v) is 9.41. The fourth-order valence-corrected chi connectivity index (χ4v) is 6.84. The summed E-state index contributed by atoms with van der Waals surface area (Å²) >= 11 is 0. The summed E-state index contributed by atoms with van der Waals surface area (Å²) in [7, 11) is 0. The van der Waals surface area contributed by atoms with Gasteiger partial charge in [0.25, 0.3) is 0 Å². The van der Waals surface area contributed by atoms with Gasteiger partial charge in [-0.3, -0.25) is 4.79 Å². The number of ether oxygens (including phenoxy) is 1. The maximum Gasteiger partial charge on any atom is 0.314 e. The lowest BCUT2D eigenvalue weighted by Crippen LogP contribution is -2.25. The maximum atomic E-state index is 12.7. The second-order valence-corrected chi connectivity index (χ2v) is 12.4. The molecule has 1 aromatic carbocycles. The van der Waals surface area contributed by atoms with E-state index in [9.17, 15) is 4.79 Å². The predicted octanol–water partition coefficient (Wildman–Crippen LogP) is 10.1. The number of carbonyl (C=O) groups is 1. The van der Waals surface area contributed by atoms with Crippen molar-refractivity contribution in [1.29, 1.82) is 0 Å².